The Balaban J connectivity index is 1.77. The molecule has 0 saturated heterocycles. The molecule has 0 fully saturated rings. The molecule has 2 N–H and O–H groups in total. The molecule has 3 rings (SSSR count). The van der Waals surface area contributed by atoms with Crippen LogP contribution in [-0.4, -0.2) is 16.8 Å². The Morgan fingerprint density at radius 2 is 1.38 bits per heavy atom. The monoisotopic (exact) mass is 365 g/mol. The number of para-hydroxylation sites is 2. The number of carbonyl (C=O) groups excluding carboxylic acids is 2. The number of carbonyl (C=O) groups is 2. The molecule has 0 atom stereocenters. The Hall–Kier alpha value is -3.18. The number of nitrogens with one attached hydrogen (secondary N) is 2. The first kappa shape index (κ1) is 17.6. The second-order valence-corrected chi connectivity index (χ2v) is 6.07. The number of aryl methyl sites for hydroxylation is 1. The maximum Gasteiger partial charge on any atom is 0.257 e. The summed E-state index contributed by atoms with van der Waals surface area (Å²) >= 11 is 6.05. The van der Waals surface area contributed by atoms with Crippen molar-refractivity contribution in [1.82, 2.24) is 4.98 Å². The number of pyridine rings is 1. The minimum Gasteiger partial charge on any atom is -0.322 e. The first-order valence-corrected chi connectivity index (χ1v) is 8.30. The molecule has 0 bridgehead atoms. The molecule has 0 aliphatic heterocycles. The molecule has 130 valence electrons. The molecule has 0 radical (unpaired) electrons. The van der Waals surface area contributed by atoms with Crippen molar-refractivity contribution in [2.24, 2.45) is 0 Å². The number of rotatable bonds is 4. The molecule has 6 heteroatoms. The lowest BCUT2D eigenvalue weighted by molar-refractivity contribution is 0.102. The molecule has 0 unspecified atom stereocenters. The number of benzene rings is 2. The van der Waals surface area contributed by atoms with E-state index in [0.29, 0.717) is 22.0 Å². The van der Waals surface area contributed by atoms with Gasteiger partial charge in [0.2, 0.25) is 0 Å². The highest BCUT2D eigenvalue weighted by atomic mass is 35.5. The summed E-state index contributed by atoms with van der Waals surface area (Å²) in [5.74, 6) is -0.727. The summed E-state index contributed by atoms with van der Waals surface area (Å²) in [5.41, 5.74) is 2.71. The Morgan fingerprint density at radius 1 is 0.846 bits per heavy atom. The van der Waals surface area contributed by atoms with E-state index in [9.17, 15) is 9.59 Å². The second-order valence-electron chi connectivity index (χ2n) is 5.67. The number of anilines is 2. The van der Waals surface area contributed by atoms with Gasteiger partial charge in [-0.15, -0.1) is 0 Å². The van der Waals surface area contributed by atoms with Gasteiger partial charge < -0.3 is 10.6 Å². The Bertz CT molecular complexity index is 898. The number of aromatic nitrogens is 1. The summed E-state index contributed by atoms with van der Waals surface area (Å²) in [6, 6.07) is 15.9. The number of nitrogens with zero attached hydrogens (tertiary/aromatic N) is 1. The summed E-state index contributed by atoms with van der Waals surface area (Å²) in [4.78, 5) is 28.9. The number of hydrogen-bond donors (Lipinski definition) is 2. The molecule has 0 aliphatic rings. The van der Waals surface area contributed by atoms with E-state index in [2.05, 4.69) is 15.6 Å². The van der Waals surface area contributed by atoms with Crippen molar-refractivity contribution in [2.75, 3.05) is 10.6 Å². The normalized spacial score (nSPS) is 10.2. The molecular formula is C20H16ClN3O2. The van der Waals surface area contributed by atoms with Gasteiger partial charge in [-0.3, -0.25) is 14.6 Å². The zero-order valence-corrected chi connectivity index (χ0v) is 14.7. The number of amides is 2. The fraction of sp³-hybridized carbons (Fsp3) is 0.0500. The SMILES string of the molecule is Cc1ccccc1NC(=O)c1cncc(C(=O)Nc2ccccc2Cl)c1. The first-order valence-electron chi connectivity index (χ1n) is 7.92. The van der Waals surface area contributed by atoms with Crippen LogP contribution in [0.4, 0.5) is 11.4 Å². The Morgan fingerprint density at radius 3 is 2.00 bits per heavy atom. The standard InChI is InChI=1S/C20H16ClN3O2/c1-13-6-2-4-8-17(13)23-19(25)14-10-15(12-22-11-14)20(26)24-18-9-5-3-7-16(18)21/h2-12H,1H3,(H,23,25)(H,24,26). The first-order chi connectivity index (χ1) is 12.5. The fourth-order valence-corrected chi connectivity index (χ4v) is 2.54. The molecule has 1 heterocycles. The van der Waals surface area contributed by atoms with Crippen LogP contribution in [0.5, 0.6) is 0 Å². The van der Waals surface area contributed by atoms with Crippen LogP contribution in [0, 0.1) is 6.92 Å². The third kappa shape index (κ3) is 4.07. The minimum atomic E-state index is -0.392. The van der Waals surface area contributed by atoms with Crippen LogP contribution in [0.2, 0.25) is 5.02 Å². The van der Waals surface area contributed by atoms with Crippen LogP contribution >= 0.6 is 11.6 Å². The van der Waals surface area contributed by atoms with Crippen molar-refractivity contribution in [3.05, 3.63) is 88.7 Å². The van der Waals surface area contributed by atoms with Crippen LogP contribution < -0.4 is 10.6 Å². The topological polar surface area (TPSA) is 71.1 Å². The molecule has 0 spiro atoms. The van der Waals surface area contributed by atoms with Crippen molar-refractivity contribution >= 4 is 34.8 Å². The van der Waals surface area contributed by atoms with Gasteiger partial charge in [-0.05, 0) is 36.8 Å². The van der Waals surface area contributed by atoms with Gasteiger partial charge in [-0.1, -0.05) is 41.9 Å². The minimum absolute atomic E-state index is 0.266. The van der Waals surface area contributed by atoms with E-state index >= 15 is 0 Å². The van der Waals surface area contributed by atoms with Gasteiger partial charge in [0.15, 0.2) is 0 Å². The highest BCUT2D eigenvalue weighted by Crippen LogP contribution is 2.21. The van der Waals surface area contributed by atoms with Crippen LogP contribution in [0.1, 0.15) is 26.3 Å². The highest BCUT2D eigenvalue weighted by molar-refractivity contribution is 6.33. The zero-order valence-electron chi connectivity index (χ0n) is 14.0. The molecule has 5 nitrogen and oxygen atoms in total. The quantitative estimate of drug-likeness (QED) is 0.712. The van der Waals surface area contributed by atoms with Gasteiger partial charge in [0.05, 0.1) is 21.8 Å². The smallest absolute Gasteiger partial charge is 0.257 e. The lowest BCUT2D eigenvalue weighted by Gasteiger charge is -2.09. The van der Waals surface area contributed by atoms with Crippen LogP contribution in [-0.2, 0) is 0 Å². The van der Waals surface area contributed by atoms with Gasteiger partial charge in [-0.25, -0.2) is 0 Å². The van der Waals surface area contributed by atoms with E-state index in [1.54, 1.807) is 24.3 Å². The molecule has 26 heavy (non-hydrogen) atoms. The largest absolute Gasteiger partial charge is 0.322 e. The van der Waals surface area contributed by atoms with Crippen molar-refractivity contribution in [3.63, 3.8) is 0 Å². The summed E-state index contributed by atoms with van der Waals surface area (Å²) in [6.07, 6.45) is 2.82. The van der Waals surface area contributed by atoms with Gasteiger partial charge in [0, 0.05) is 18.1 Å². The molecule has 3 aromatic rings. The van der Waals surface area contributed by atoms with Crippen molar-refractivity contribution in [3.8, 4) is 0 Å². The zero-order chi connectivity index (χ0) is 18.5. The third-order valence-electron chi connectivity index (χ3n) is 3.78. The Labute approximate surface area is 156 Å². The average Bonchev–Trinajstić information content (AvgIpc) is 2.65. The Kier molecular flexibility index (Phi) is 5.29. The van der Waals surface area contributed by atoms with Gasteiger partial charge in [0.1, 0.15) is 0 Å². The molecular weight excluding hydrogens is 350 g/mol. The summed E-state index contributed by atoms with van der Waals surface area (Å²) in [6.45, 7) is 1.90. The van der Waals surface area contributed by atoms with Crippen LogP contribution in [0.3, 0.4) is 0 Å². The molecule has 0 aliphatic carbocycles. The molecule has 2 aromatic carbocycles. The van der Waals surface area contributed by atoms with Crippen molar-refractivity contribution in [2.45, 2.75) is 6.92 Å². The summed E-state index contributed by atoms with van der Waals surface area (Å²) in [7, 11) is 0. The number of halogens is 1. The van der Waals surface area contributed by atoms with E-state index < -0.39 is 5.91 Å². The molecule has 0 saturated carbocycles. The van der Waals surface area contributed by atoms with E-state index in [1.807, 2.05) is 31.2 Å². The summed E-state index contributed by atoms with van der Waals surface area (Å²) < 4.78 is 0. The number of hydrogen-bond acceptors (Lipinski definition) is 3. The predicted molar refractivity (Wildman–Crippen MR) is 103 cm³/mol. The van der Waals surface area contributed by atoms with Crippen molar-refractivity contribution in [1.29, 1.82) is 0 Å². The third-order valence-corrected chi connectivity index (χ3v) is 4.11. The van der Waals surface area contributed by atoms with Gasteiger partial charge >= 0.3 is 0 Å². The fourth-order valence-electron chi connectivity index (χ4n) is 2.35. The summed E-state index contributed by atoms with van der Waals surface area (Å²) in [5, 5.41) is 5.96. The van der Waals surface area contributed by atoms with Gasteiger partial charge in [0.25, 0.3) is 11.8 Å². The van der Waals surface area contributed by atoms with E-state index in [4.69, 9.17) is 11.6 Å². The average molecular weight is 366 g/mol. The predicted octanol–water partition coefficient (Wildman–Crippen LogP) is 4.55. The van der Waals surface area contributed by atoms with Crippen LogP contribution in [0.25, 0.3) is 0 Å². The van der Waals surface area contributed by atoms with Gasteiger partial charge in [-0.2, -0.15) is 0 Å². The van der Waals surface area contributed by atoms with E-state index in [1.165, 1.54) is 18.5 Å². The maximum atomic E-state index is 12.4. The lowest BCUT2D eigenvalue weighted by atomic mass is 10.1. The van der Waals surface area contributed by atoms with E-state index in [0.717, 1.165) is 5.56 Å². The maximum absolute atomic E-state index is 12.4. The van der Waals surface area contributed by atoms with Crippen molar-refractivity contribution < 1.29 is 9.59 Å². The molecule has 1 aromatic heterocycles. The van der Waals surface area contributed by atoms with E-state index in [-0.39, 0.29) is 11.5 Å². The molecule has 2 amide bonds. The lowest BCUT2D eigenvalue weighted by Crippen LogP contribution is -2.16. The highest BCUT2D eigenvalue weighted by Gasteiger charge is 2.13. The van der Waals surface area contributed by atoms with Crippen LogP contribution in [0.15, 0.2) is 67.0 Å². The second kappa shape index (κ2) is 7.80.